The molecular formula is C101H134N9+3. The van der Waals surface area contributed by atoms with E-state index in [2.05, 4.69) is 403 Å². The van der Waals surface area contributed by atoms with E-state index < -0.39 is 0 Å². The molecule has 0 saturated heterocycles. The number of benzene rings is 9. The largest absolute Gasteiger partial charge is 0.385 e. The summed E-state index contributed by atoms with van der Waals surface area (Å²) in [6, 6.07) is 68.2. The van der Waals surface area contributed by atoms with Gasteiger partial charge in [0, 0.05) is 181 Å². The molecule has 9 nitrogen and oxygen atoms in total. The standard InChI is InChI=1S/3C33H42N3.2CH4/c3*1-6-34-32-24-23-31(29-13-11-12-14-30(29)32)33(25-15-19-27(20-16-25)35(7-2)8-3)26-17-21-28(22-18-26)36(9-4)10-5;;/h3*11-25,33-34H,6-10H2,1-5H3;2*1H4/q3*+1;;/t3*33-;;/m111../s1. The van der Waals surface area contributed by atoms with Gasteiger partial charge in [0.2, 0.25) is 0 Å². The lowest BCUT2D eigenvalue weighted by molar-refractivity contribution is -0.519. The van der Waals surface area contributed by atoms with Gasteiger partial charge in [-0.25, -0.2) is 13.7 Å². The summed E-state index contributed by atoms with van der Waals surface area (Å²) in [5.74, 6) is 1.58. The van der Waals surface area contributed by atoms with Gasteiger partial charge in [-0.05, 0) is 208 Å². The molecular weight excluding hydrogens is 1340 g/mol. The van der Waals surface area contributed by atoms with Crippen molar-refractivity contribution in [2.45, 2.75) is 136 Å². The molecule has 3 aliphatic carbocycles. The van der Waals surface area contributed by atoms with Crippen LogP contribution in [-0.2, 0) is 0 Å². The Kier molecular flexibility index (Phi) is 33.3. The third-order valence-corrected chi connectivity index (χ3v) is 22.6. The van der Waals surface area contributed by atoms with Gasteiger partial charge >= 0.3 is 0 Å². The average Bonchev–Trinajstić information content (AvgIpc) is 0.779. The van der Waals surface area contributed by atoms with Crippen molar-refractivity contribution in [3.63, 3.8) is 0 Å². The van der Waals surface area contributed by atoms with Crippen molar-refractivity contribution in [1.29, 1.82) is 0 Å². The molecule has 0 bridgehead atoms. The van der Waals surface area contributed by atoms with E-state index >= 15 is 0 Å². The molecule has 0 unspecified atom stereocenters. The first-order valence-corrected chi connectivity index (χ1v) is 41.2. The molecule has 3 atom stereocenters. The van der Waals surface area contributed by atoms with Crippen LogP contribution >= 0.6 is 0 Å². The van der Waals surface area contributed by atoms with Gasteiger partial charge in [0.15, 0.2) is 17.1 Å². The Hall–Kier alpha value is -9.99. The second-order valence-electron chi connectivity index (χ2n) is 28.2. The van der Waals surface area contributed by atoms with E-state index in [1.165, 1.54) is 117 Å². The summed E-state index contributed by atoms with van der Waals surface area (Å²) in [7, 11) is 0. The van der Waals surface area contributed by atoms with Crippen LogP contribution < -0.4 is 30.7 Å². The highest BCUT2D eigenvalue weighted by molar-refractivity contribution is 6.04. The van der Waals surface area contributed by atoms with Crippen LogP contribution in [0.4, 0.5) is 34.1 Å². The maximum absolute atomic E-state index is 3.56. The molecule has 3 N–H and O–H groups in total. The number of allylic oxidation sites excluding steroid dienone is 12. The molecule has 3 aliphatic rings. The normalized spacial score (nSPS) is 15.5. The zero-order valence-electron chi connectivity index (χ0n) is 68.0. The second kappa shape index (κ2) is 42.8. The number of hydrogen-bond donors (Lipinski definition) is 3. The molecule has 0 amide bonds. The van der Waals surface area contributed by atoms with Crippen molar-refractivity contribution in [1.82, 2.24) is 0 Å². The Morgan fingerprint density at radius 3 is 0.664 bits per heavy atom. The number of rotatable bonds is 30. The summed E-state index contributed by atoms with van der Waals surface area (Å²) >= 11 is 0. The SMILES string of the molecule is C.C.CCNc1ccc([C@@H](c2ccc(N(CC)CC)cc2)C2C=CC(=[N+](CC)CC)C=C2)c2ccccc12.CCNc1ccc([C@@H](c2ccc(N(CC)CC)cc2)C2C=CC(=[N+](CC)CC)C=C2)c2ccccc12.CCNc1ccc([C@@H](c2ccc(N(CC)CC)cc2)C2C=CC(=[N+](CC)CC)C=C2)c2ccccc12. The topological polar surface area (TPSA) is 54.8 Å². The predicted octanol–water partition coefficient (Wildman–Crippen LogP) is 23.7. The Morgan fingerprint density at radius 2 is 0.473 bits per heavy atom. The maximum atomic E-state index is 3.56. The van der Waals surface area contributed by atoms with Crippen LogP contribution in [0.2, 0.25) is 0 Å². The van der Waals surface area contributed by atoms with E-state index in [9.17, 15) is 0 Å². The number of fused-ring (bicyclic) bond motifs is 3. The second-order valence-corrected chi connectivity index (χ2v) is 28.2. The quantitative estimate of drug-likeness (QED) is 0.0390. The maximum Gasteiger partial charge on any atom is 0.199 e. The van der Waals surface area contributed by atoms with Gasteiger partial charge in [-0.15, -0.1) is 0 Å². The third-order valence-electron chi connectivity index (χ3n) is 22.6. The highest BCUT2D eigenvalue weighted by atomic mass is 15.1. The molecule has 110 heavy (non-hydrogen) atoms. The summed E-state index contributed by atoms with van der Waals surface area (Å²) in [5.41, 5.74) is 19.6. The van der Waals surface area contributed by atoms with Gasteiger partial charge < -0.3 is 30.7 Å². The van der Waals surface area contributed by atoms with Gasteiger partial charge in [0.25, 0.3) is 0 Å². The first-order valence-electron chi connectivity index (χ1n) is 41.2. The molecule has 0 saturated carbocycles. The Bertz CT molecular complexity index is 4140. The smallest absolute Gasteiger partial charge is 0.199 e. The minimum atomic E-state index is 0. The summed E-state index contributed by atoms with van der Waals surface area (Å²) in [6.45, 7) is 48.2. The van der Waals surface area contributed by atoms with Gasteiger partial charge in [-0.2, -0.15) is 0 Å². The van der Waals surface area contributed by atoms with Crippen LogP contribution in [-0.4, -0.2) is 129 Å². The zero-order valence-corrected chi connectivity index (χ0v) is 68.0. The number of nitrogens with one attached hydrogen (secondary N) is 3. The average molecular weight is 1470 g/mol. The van der Waals surface area contributed by atoms with Crippen LogP contribution in [0.1, 0.15) is 170 Å². The van der Waals surface area contributed by atoms with Crippen LogP contribution in [0.3, 0.4) is 0 Å². The first kappa shape index (κ1) is 85.6. The van der Waals surface area contributed by atoms with Crippen molar-refractivity contribution >= 4 is 83.6 Å². The summed E-state index contributed by atoms with van der Waals surface area (Å²) in [6.07, 6.45) is 28.4. The third kappa shape index (κ3) is 20.0. The molecule has 0 aliphatic heterocycles. The first-order chi connectivity index (χ1) is 52.9. The van der Waals surface area contributed by atoms with E-state index in [4.69, 9.17) is 0 Å². The fraction of sp³-hybridized carbons (Fsp3) is 0.376. The number of anilines is 6. The van der Waals surface area contributed by atoms with Crippen molar-refractivity contribution < 1.29 is 13.7 Å². The molecule has 580 valence electrons. The molecule has 0 spiro atoms. The van der Waals surface area contributed by atoms with E-state index in [0.717, 1.165) is 98.2 Å². The Morgan fingerprint density at radius 1 is 0.264 bits per heavy atom. The van der Waals surface area contributed by atoms with Crippen molar-refractivity contribution in [3.05, 3.63) is 288 Å². The Labute approximate surface area is 664 Å². The predicted molar refractivity (Wildman–Crippen MR) is 488 cm³/mol. The number of hydrogen-bond acceptors (Lipinski definition) is 6. The molecule has 9 aromatic rings. The van der Waals surface area contributed by atoms with Crippen LogP contribution in [0, 0.1) is 17.8 Å². The lowest BCUT2D eigenvalue weighted by Gasteiger charge is -2.28. The summed E-state index contributed by atoms with van der Waals surface area (Å²) in [4.78, 5) is 7.22. The summed E-state index contributed by atoms with van der Waals surface area (Å²) in [5, 5.41) is 18.5. The molecule has 9 aromatic carbocycles. The molecule has 9 heteroatoms. The van der Waals surface area contributed by atoms with E-state index in [1.54, 1.807) is 0 Å². The van der Waals surface area contributed by atoms with Crippen molar-refractivity contribution in [2.24, 2.45) is 17.8 Å². The van der Waals surface area contributed by atoms with Crippen LogP contribution in [0.5, 0.6) is 0 Å². The van der Waals surface area contributed by atoms with Gasteiger partial charge in [0.05, 0.1) is 0 Å². The molecule has 0 heterocycles. The number of nitrogens with zero attached hydrogens (tertiary/aromatic N) is 6. The molecule has 0 aromatic heterocycles. The van der Waals surface area contributed by atoms with Gasteiger partial charge in [0.1, 0.15) is 39.3 Å². The van der Waals surface area contributed by atoms with E-state index in [1.807, 2.05) is 0 Å². The minimum Gasteiger partial charge on any atom is -0.385 e. The van der Waals surface area contributed by atoms with Crippen LogP contribution in [0.25, 0.3) is 32.3 Å². The van der Waals surface area contributed by atoms with E-state index in [-0.39, 0.29) is 50.4 Å². The molecule has 0 fully saturated rings. The molecule has 0 radical (unpaired) electrons. The molecule has 12 rings (SSSR count). The lowest BCUT2D eigenvalue weighted by Crippen LogP contribution is -2.22. The monoisotopic (exact) mass is 1470 g/mol. The fourth-order valence-corrected chi connectivity index (χ4v) is 16.8. The highest BCUT2D eigenvalue weighted by Crippen LogP contribution is 2.45. The highest BCUT2D eigenvalue weighted by Gasteiger charge is 2.31. The van der Waals surface area contributed by atoms with Gasteiger partial charge in [-0.3, -0.25) is 0 Å². The fourth-order valence-electron chi connectivity index (χ4n) is 16.8. The Balaban J connectivity index is 0.000000206. The van der Waals surface area contributed by atoms with E-state index in [0.29, 0.717) is 0 Å². The minimum absolute atomic E-state index is 0. The van der Waals surface area contributed by atoms with Gasteiger partial charge in [-0.1, -0.05) is 179 Å². The van der Waals surface area contributed by atoms with Crippen LogP contribution in [0.15, 0.2) is 255 Å². The summed E-state index contributed by atoms with van der Waals surface area (Å²) < 4.78 is 7.24. The zero-order chi connectivity index (χ0) is 76.5. The van der Waals surface area contributed by atoms with Crippen molar-refractivity contribution in [3.8, 4) is 0 Å². The van der Waals surface area contributed by atoms with Crippen molar-refractivity contribution in [2.75, 3.05) is 129 Å². The lowest BCUT2D eigenvalue weighted by atomic mass is 9.77.